The molecule has 1 saturated heterocycles. The molecule has 1 atom stereocenters. The van der Waals surface area contributed by atoms with Gasteiger partial charge >= 0.3 is 0 Å². The van der Waals surface area contributed by atoms with Gasteiger partial charge < -0.3 is 0 Å². The molecular weight excluding hydrogens is 150 g/mol. The number of rotatable bonds is 1. The Hall–Kier alpha value is -1.06. The van der Waals surface area contributed by atoms with E-state index in [2.05, 4.69) is 12.1 Å². The third kappa shape index (κ3) is 1.96. The highest BCUT2D eigenvalue weighted by Gasteiger charge is 2.30. The molecule has 1 unspecified atom stereocenters. The fourth-order valence-electron chi connectivity index (χ4n) is 1.67. The van der Waals surface area contributed by atoms with Gasteiger partial charge in [-0.15, -0.1) is 0 Å². The highest BCUT2D eigenvalue weighted by molar-refractivity contribution is 5.00. The summed E-state index contributed by atoms with van der Waals surface area (Å²) < 4.78 is 0. The van der Waals surface area contributed by atoms with Crippen molar-refractivity contribution >= 4 is 0 Å². The van der Waals surface area contributed by atoms with Gasteiger partial charge in [-0.2, -0.15) is 10.5 Å². The fraction of sp³-hybridized carbons (Fsp3) is 0.778. The monoisotopic (exact) mass is 163 g/mol. The molecule has 0 spiro atoms. The molecule has 3 nitrogen and oxygen atoms in total. The molecule has 0 aromatic heterocycles. The number of nitrogens with zero attached hydrogens (tertiary/aromatic N) is 3. The zero-order valence-electron chi connectivity index (χ0n) is 7.38. The number of likely N-dealkylation sites (tertiary alicyclic amines) is 1. The summed E-state index contributed by atoms with van der Waals surface area (Å²) in [5, 5.41) is 17.4. The normalized spacial score (nSPS) is 30.6. The Kier molecular flexibility index (Phi) is 2.68. The van der Waals surface area contributed by atoms with Crippen LogP contribution in [0.15, 0.2) is 0 Å². The molecule has 0 radical (unpaired) electrons. The lowest BCUT2D eigenvalue weighted by atomic mass is 9.83. The first-order valence-corrected chi connectivity index (χ1v) is 4.21. The molecule has 1 aliphatic heterocycles. The van der Waals surface area contributed by atoms with E-state index >= 15 is 0 Å². The van der Waals surface area contributed by atoms with Crippen molar-refractivity contribution in [3.8, 4) is 12.1 Å². The van der Waals surface area contributed by atoms with Crippen molar-refractivity contribution in [3.05, 3.63) is 0 Å². The number of piperidine rings is 1. The first-order chi connectivity index (χ1) is 5.70. The molecule has 64 valence electrons. The number of hydrogen-bond acceptors (Lipinski definition) is 3. The Labute approximate surface area is 73.2 Å². The van der Waals surface area contributed by atoms with Gasteiger partial charge in [-0.05, 0) is 26.3 Å². The second-order valence-corrected chi connectivity index (χ2v) is 3.64. The summed E-state index contributed by atoms with van der Waals surface area (Å²) in [6.07, 6.45) is 2.00. The van der Waals surface area contributed by atoms with Gasteiger partial charge in [0, 0.05) is 6.54 Å². The average molecular weight is 163 g/mol. The predicted octanol–water partition coefficient (Wildman–Crippen LogP) is 1.14. The van der Waals surface area contributed by atoms with Gasteiger partial charge in [0.2, 0.25) is 0 Å². The van der Waals surface area contributed by atoms with Crippen LogP contribution in [0.2, 0.25) is 0 Å². The Morgan fingerprint density at radius 2 is 2.25 bits per heavy atom. The second kappa shape index (κ2) is 3.56. The minimum absolute atomic E-state index is 0.227. The molecule has 1 fully saturated rings. The fourth-order valence-corrected chi connectivity index (χ4v) is 1.67. The van der Waals surface area contributed by atoms with E-state index in [0.29, 0.717) is 6.54 Å². The van der Waals surface area contributed by atoms with E-state index in [9.17, 15) is 0 Å². The molecule has 1 aliphatic rings. The molecule has 12 heavy (non-hydrogen) atoms. The predicted molar refractivity (Wildman–Crippen MR) is 45.0 cm³/mol. The third-order valence-electron chi connectivity index (χ3n) is 2.34. The molecule has 0 amide bonds. The first kappa shape index (κ1) is 9.03. The zero-order chi connectivity index (χ0) is 9.03. The maximum Gasteiger partial charge on any atom is 0.0866 e. The van der Waals surface area contributed by atoms with E-state index in [-0.39, 0.29) is 5.41 Å². The molecule has 3 heteroatoms. The average Bonchev–Trinajstić information content (AvgIpc) is 2.05. The van der Waals surface area contributed by atoms with Crippen LogP contribution in [0, 0.1) is 28.1 Å². The van der Waals surface area contributed by atoms with Gasteiger partial charge in [-0.3, -0.25) is 4.90 Å². The lowest BCUT2D eigenvalue weighted by molar-refractivity contribution is 0.159. The van der Waals surface area contributed by atoms with Crippen LogP contribution in [-0.4, -0.2) is 24.5 Å². The summed E-state index contributed by atoms with van der Waals surface area (Å²) in [5.41, 5.74) is -0.227. The number of hydrogen-bond donors (Lipinski definition) is 0. The van der Waals surface area contributed by atoms with Crippen molar-refractivity contribution in [1.29, 1.82) is 10.5 Å². The van der Waals surface area contributed by atoms with E-state index in [0.717, 1.165) is 25.9 Å². The van der Waals surface area contributed by atoms with Crippen LogP contribution in [-0.2, 0) is 0 Å². The highest BCUT2D eigenvalue weighted by Crippen LogP contribution is 2.27. The molecule has 1 rings (SSSR count). The van der Waals surface area contributed by atoms with Gasteiger partial charge in [0.25, 0.3) is 0 Å². The maximum absolute atomic E-state index is 8.88. The Morgan fingerprint density at radius 3 is 2.83 bits per heavy atom. The number of nitriles is 2. The van der Waals surface area contributed by atoms with Crippen LogP contribution in [0.4, 0.5) is 0 Å². The van der Waals surface area contributed by atoms with Gasteiger partial charge in [-0.1, -0.05) is 0 Å². The minimum atomic E-state index is -0.227. The quantitative estimate of drug-likeness (QED) is 0.544. The topological polar surface area (TPSA) is 50.8 Å². The summed E-state index contributed by atoms with van der Waals surface area (Å²) in [6.45, 7) is 4.13. The van der Waals surface area contributed by atoms with Crippen LogP contribution in [0.5, 0.6) is 0 Å². The summed E-state index contributed by atoms with van der Waals surface area (Å²) in [6, 6.07) is 4.43. The molecule has 0 N–H and O–H groups in total. The largest absolute Gasteiger partial charge is 0.289 e. The van der Waals surface area contributed by atoms with Crippen LogP contribution in [0.3, 0.4) is 0 Å². The Morgan fingerprint density at radius 1 is 1.50 bits per heavy atom. The molecule has 1 heterocycles. The molecule has 0 saturated carbocycles. The molecule has 0 bridgehead atoms. The highest BCUT2D eigenvalue weighted by atomic mass is 15.1. The lowest BCUT2D eigenvalue weighted by Crippen LogP contribution is -2.40. The summed E-state index contributed by atoms with van der Waals surface area (Å²) >= 11 is 0. The lowest BCUT2D eigenvalue weighted by Gasteiger charge is -2.34. The Balaban J connectivity index is 2.53. The molecule has 0 aromatic rings. The summed E-state index contributed by atoms with van der Waals surface area (Å²) in [7, 11) is 0. The standard InChI is InChI=1S/C9H13N3/c1-9(7-11)3-2-5-12(8-9)6-4-10/h2-3,5-6,8H2,1H3. The van der Waals surface area contributed by atoms with Gasteiger partial charge in [0.05, 0.1) is 24.1 Å². The summed E-state index contributed by atoms with van der Waals surface area (Å²) in [5.74, 6) is 0. The van der Waals surface area contributed by atoms with Crippen LogP contribution >= 0.6 is 0 Å². The van der Waals surface area contributed by atoms with Gasteiger partial charge in [0.1, 0.15) is 0 Å². The van der Waals surface area contributed by atoms with Crippen molar-refractivity contribution in [2.24, 2.45) is 5.41 Å². The maximum atomic E-state index is 8.88. The van der Waals surface area contributed by atoms with Crippen molar-refractivity contribution < 1.29 is 0 Å². The Bertz CT molecular complexity index is 235. The zero-order valence-corrected chi connectivity index (χ0v) is 7.38. The van der Waals surface area contributed by atoms with Crippen molar-refractivity contribution in [1.82, 2.24) is 4.90 Å². The van der Waals surface area contributed by atoms with Crippen LogP contribution < -0.4 is 0 Å². The van der Waals surface area contributed by atoms with E-state index < -0.39 is 0 Å². The SMILES string of the molecule is CC1(C#N)CCCN(CC#N)C1. The van der Waals surface area contributed by atoms with Crippen molar-refractivity contribution in [2.75, 3.05) is 19.6 Å². The van der Waals surface area contributed by atoms with Crippen LogP contribution in [0.25, 0.3) is 0 Å². The molecule has 0 aliphatic carbocycles. The van der Waals surface area contributed by atoms with Gasteiger partial charge in [0.15, 0.2) is 0 Å². The second-order valence-electron chi connectivity index (χ2n) is 3.64. The third-order valence-corrected chi connectivity index (χ3v) is 2.34. The van der Waals surface area contributed by atoms with E-state index in [1.165, 1.54) is 0 Å². The molecular formula is C9H13N3. The van der Waals surface area contributed by atoms with E-state index in [4.69, 9.17) is 10.5 Å². The molecule has 0 aromatic carbocycles. The van der Waals surface area contributed by atoms with Gasteiger partial charge in [-0.25, -0.2) is 0 Å². The summed E-state index contributed by atoms with van der Waals surface area (Å²) in [4.78, 5) is 2.05. The van der Waals surface area contributed by atoms with Crippen LogP contribution in [0.1, 0.15) is 19.8 Å². The van der Waals surface area contributed by atoms with E-state index in [1.807, 2.05) is 11.8 Å². The first-order valence-electron chi connectivity index (χ1n) is 4.21. The van der Waals surface area contributed by atoms with Crippen molar-refractivity contribution in [3.63, 3.8) is 0 Å². The minimum Gasteiger partial charge on any atom is -0.289 e. The van der Waals surface area contributed by atoms with E-state index in [1.54, 1.807) is 0 Å². The smallest absolute Gasteiger partial charge is 0.0866 e. The van der Waals surface area contributed by atoms with Crippen molar-refractivity contribution in [2.45, 2.75) is 19.8 Å².